The van der Waals surface area contributed by atoms with Crippen molar-refractivity contribution in [2.24, 2.45) is 5.41 Å². The molecule has 0 aromatic rings. The molecule has 0 bridgehead atoms. The van der Waals surface area contributed by atoms with Crippen molar-refractivity contribution < 1.29 is 14.3 Å². The number of piperidine rings is 1. The summed E-state index contributed by atoms with van der Waals surface area (Å²) >= 11 is 0. The quantitative estimate of drug-likeness (QED) is 0.589. The predicted molar refractivity (Wildman–Crippen MR) is 80.0 cm³/mol. The third-order valence-corrected chi connectivity index (χ3v) is 4.26. The first-order chi connectivity index (χ1) is 9.99. The molecule has 0 aromatic carbocycles. The maximum absolute atomic E-state index is 11.8. The number of ether oxygens (including phenoxy) is 1. The van der Waals surface area contributed by atoms with E-state index in [1.165, 1.54) is 32.4 Å². The molecule has 21 heavy (non-hydrogen) atoms. The first-order valence-corrected chi connectivity index (χ1v) is 7.92. The van der Waals surface area contributed by atoms with Gasteiger partial charge in [0.05, 0.1) is 6.61 Å². The third kappa shape index (κ3) is 4.59. The summed E-state index contributed by atoms with van der Waals surface area (Å²) in [5.41, 5.74) is -0.345. The van der Waals surface area contributed by atoms with Crippen molar-refractivity contribution in [1.29, 1.82) is 0 Å². The van der Waals surface area contributed by atoms with Gasteiger partial charge in [-0.25, -0.2) is 9.59 Å². The SMILES string of the molecule is CC1(C)COC(=O)C1NC(=O)NCCCN1CCCCC1. The molecule has 0 aliphatic carbocycles. The maximum Gasteiger partial charge on any atom is 0.329 e. The van der Waals surface area contributed by atoms with E-state index < -0.39 is 6.04 Å². The van der Waals surface area contributed by atoms with Gasteiger partial charge in [0.25, 0.3) is 0 Å². The lowest BCUT2D eigenvalue weighted by molar-refractivity contribution is -0.139. The number of nitrogens with zero attached hydrogens (tertiary/aromatic N) is 1. The van der Waals surface area contributed by atoms with Crippen LogP contribution in [0.1, 0.15) is 39.5 Å². The van der Waals surface area contributed by atoms with Gasteiger partial charge in [-0.2, -0.15) is 0 Å². The highest BCUT2D eigenvalue weighted by Gasteiger charge is 2.44. The summed E-state index contributed by atoms with van der Waals surface area (Å²) in [4.78, 5) is 25.9. The van der Waals surface area contributed by atoms with Crippen LogP contribution in [-0.2, 0) is 9.53 Å². The number of carbonyl (C=O) groups is 2. The summed E-state index contributed by atoms with van der Waals surface area (Å²) in [6, 6.07) is -0.842. The van der Waals surface area contributed by atoms with Gasteiger partial charge in [0.15, 0.2) is 0 Å². The molecule has 0 aromatic heterocycles. The van der Waals surface area contributed by atoms with Gasteiger partial charge in [-0.15, -0.1) is 0 Å². The van der Waals surface area contributed by atoms with E-state index in [1.54, 1.807) is 0 Å². The summed E-state index contributed by atoms with van der Waals surface area (Å²) in [7, 11) is 0. The fraction of sp³-hybridized carbons (Fsp3) is 0.867. The molecule has 6 heteroatoms. The number of urea groups is 1. The largest absolute Gasteiger partial charge is 0.463 e. The molecular weight excluding hydrogens is 270 g/mol. The van der Waals surface area contributed by atoms with Crippen molar-refractivity contribution >= 4 is 12.0 Å². The average Bonchev–Trinajstić information content (AvgIpc) is 2.72. The number of hydrogen-bond acceptors (Lipinski definition) is 4. The van der Waals surface area contributed by atoms with E-state index in [2.05, 4.69) is 15.5 Å². The number of nitrogens with one attached hydrogen (secondary N) is 2. The zero-order valence-corrected chi connectivity index (χ0v) is 13.1. The third-order valence-electron chi connectivity index (χ3n) is 4.26. The first kappa shape index (κ1) is 16.1. The van der Waals surface area contributed by atoms with Crippen molar-refractivity contribution in [3.05, 3.63) is 0 Å². The van der Waals surface area contributed by atoms with Crippen LogP contribution in [0.3, 0.4) is 0 Å². The first-order valence-electron chi connectivity index (χ1n) is 7.92. The number of carbonyl (C=O) groups excluding carboxylic acids is 2. The van der Waals surface area contributed by atoms with Gasteiger partial charge in [0.1, 0.15) is 6.04 Å². The Kier molecular flexibility index (Phi) is 5.45. The number of esters is 1. The van der Waals surface area contributed by atoms with Crippen molar-refractivity contribution in [2.45, 2.75) is 45.6 Å². The van der Waals surface area contributed by atoms with Crippen LogP contribution in [0.4, 0.5) is 4.79 Å². The Labute approximate surface area is 126 Å². The fourth-order valence-electron chi connectivity index (χ4n) is 2.87. The Morgan fingerprint density at radius 1 is 1.33 bits per heavy atom. The van der Waals surface area contributed by atoms with Crippen molar-refractivity contribution in [3.8, 4) is 0 Å². The van der Waals surface area contributed by atoms with Crippen LogP contribution in [0.5, 0.6) is 0 Å². The molecule has 0 spiro atoms. The van der Waals surface area contributed by atoms with E-state index in [0.29, 0.717) is 13.2 Å². The lowest BCUT2D eigenvalue weighted by atomic mass is 9.88. The molecule has 6 nitrogen and oxygen atoms in total. The van der Waals surface area contributed by atoms with Gasteiger partial charge in [-0.3, -0.25) is 0 Å². The second kappa shape index (κ2) is 7.11. The normalized spacial score (nSPS) is 25.4. The Morgan fingerprint density at radius 2 is 2.05 bits per heavy atom. The highest BCUT2D eigenvalue weighted by Crippen LogP contribution is 2.28. The fourth-order valence-corrected chi connectivity index (χ4v) is 2.87. The molecule has 2 aliphatic heterocycles. The van der Waals surface area contributed by atoms with Crippen LogP contribution in [0.25, 0.3) is 0 Å². The molecule has 2 saturated heterocycles. The Morgan fingerprint density at radius 3 is 2.67 bits per heavy atom. The Hall–Kier alpha value is -1.30. The van der Waals surface area contributed by atoms with Gasteiger partial charge in [-0.1, -0.05) is 20.3 Å². The molecule has 2 rings (SSSR count). The van der Waals surface area contributed by atoms with Crippen LogP contribution in [0.15, 0.2) is 0 Å². The minimum absolute atomic E-state index is 0.287. The van der Waals surface area contributed by atoms with Crippen molar-refractivity contribution in [3.63, 3.8) is 0 Å². The van der Waals surface area contributed by atoms with E-state index in [4.69, 9.17) is 4.74 Å². The smallest absolute Gasteiger partial charge is 0.329 e. The van der Waals surface area contributed by atoms with Crippen LogP contribution < -0.4 is 10.6 Å². The summed E-state index contributed by atoms with van der Waals surface area (Å²) in [6.07, 6.45) is 4.84. The molecule has 0 saturated carbocycles. The molecule has 1 unspecified atom stereocenters. The minimum Gasteiger partial charge on any atom is -0.463 e. The highest BCUT2D eigenvalue weighted by molar-refractivity contribution is 5.85. The summed E-state index contributed by atoms with van der Waals surface area (Å²) in [5, 5.41) is 5.54. The zero-order valence-electron chi connectivity index (χ0n) is 13.1. The standard InChI is InChI=1S/C15H27N3O3/c1-15(2)11-21-13(19)12(15)17-14(20)16-7-6-10-18-8-4-3-5-9-18/h12H,3-11H2,1-2H3,(H2,16,17,20). The lowest BCUT2D eigenvalue weighted by Crippen LogP contribution is -2.50. The van der Waals surface area contributed by atoms with Crippen molar-refractivity contribution in [1.82, 2.24) is 15.5 Å². The Bertz CT molecular complexity index is 378. The number of hydrogen-bond donors (Lipinski definition) is 2. The van der Waals surface area contributed by atoms with Gasteiger partial charge in [0.2, 0.25) is 0 Å². The van der Waals surface area contributed by atoms with E-state index in [-0.39, 0.29) is 17.4 Å². The van der Waals surface area contributed by atoms with E-state index in [1.807, 2.05) is 13.8 Å². The topological polar surface area (TPSA) is 70.7 Å². The number of amides is 2. The van der Waals surface area contributed by atoms with Gasteiger partial charge < -0.3 is 20.3 Å². The van der Waals surface area contributed by atoms with Crippen molar-refractivity contribution in [2.75, 3.05) is 32.8 Å². The van der Waals surface area contributed by atoms with Gasteiger partial charge in [0, 0.05) is 12.0 Å². The summed E-state index contributed by atoms with van der Waals surface area (Å²) in [5.74, 6) is -0.344. The minimum atomic E-state index is -0.556. The second-order valence-corrected chi connectivity index (χ2v) is 6.69. The molecule has 2 heterocycles. The average molecular weight is 297 g/mol. The monoisotopic (exact) mass is 297 g/mol. The zero-order chi connectivity index (χ0) is 15.3. The number of cyclic esters (lactones) is 1. The van der Waals surface area contributed by atoms with E-state index >= 15 is 0 Å². The second-order valence-electron chi connectivity index (χ2n) is 6.69. The predicted octanol–water partition coefficient (Wildman–Crippen LogP) is 1.11. The molecule has 2 N–H and O–H groups in total. The molecule has 2 amide bonds. The van der Waals surface area contributed by atoms with Crippen LogP contribution in [-0.4, -0.2) is 55.7 Å². The van der Waals surface area contributed by atoms with E-state index in [9.17, 15) is 9.59 Å². The molecule has 2 aliphatic rings. The highest BCUT2D eigenvalue weighted by atomic mass is 16.5. The van der Waals surface area contributed by atoms with Crippen LogP contribution >= 0.6 is 0 Å². The Balaban J connectivity index is 1.62. The molecule has 2 fully saturated rings. The summed E-state index contributed by atoms with van der Waals surface area (Å²) < 4.78 is 5.00. The molecule has 0 radical (unpaired) electrons. The molecule has 120 valence electrons. The summed E-state index contributed by atoms with van der Waals surface area (Å²) in [6.45, 7) is 8.19. The lowest BCUT2D eigenvalue weighted by Gasteiger charge is -2.26. The molecule has 1 atom stereocenters. The van der Waals surface area contributed by atoms with Crippen LogP contribution in [0, 0.1) is 5.41 Å². The van der Waals surface area contributed by atoms with Gasteiger partial charge >= 0.3 is 12.0 Å². The van der Waals surface area contributed by atoms with E-state index in [0.717, 1.165) is 13.0 Å². The number of likely N-dealkylation sites (tertiary alicyclic amines) is 1. The van der Waals surface area contributed by atoms with Gasteiger partial charge in [-0.05, 0) is 38.9 Å². The van der Waals surface area contributed by atoms with Crippen LogP contribution in [0.2, 0.25) is 0 Å². The maximum atomic E-state index is 11.8. The molecular formula is C15H27N3O3. The number of rotatable bonds is 5.